The van der Waals surface area contributed by atoms with Crippen LogP contribution in [0.5, 0.6) is 11.5 Å². The maximum Gasteiger partial charge on any atom is 0.284 e. The lowest BCUT2D eigenvalue weighted by molar-refractivity contribution is -0.385. The Morgan fingerprint density at radius 1 is 1.33 bits per heavy atom. The van der Waals surface area contributed by atoms with Crippen LogP contribution in [0.2, 0.25) is 0 Å². The molecule has 0 fully saturated rings. The van der Waals surface area contributed by atoms with E-state index in [1.807, 2.05) is 0 Å². The molecule has 9 nitrogen and oxygen atoms in total. The van der Waals surface area contributed by atoms with E-state index in [2.05, 4.69) is 5.29 Å². The highest BCUT2D eigenvalue weighted by Gasteiger charge is 2.23. The number of hydrogen-bond acceptors (Lipinski definition) is 7. The molecule has 0 spiro atoms. The van der Waals surface area contributed by atoms with Crippen molar-refractivity contribution < 1.29 is 19.2 Å². The molecule has 112 valence electrons. The van der Waals surface area contributed by atoms with E-state index in [1.165, 1.54) is 27.3 Å². The minimum atomic E-state index is -0.704. The first-order valence-electron chi connectivity index (χ1n) is 5.63. The summed E-state index contributed by atoms with van der Waals surface area (Å²) in [5.41, 5.74) is -0.614. The number of nitro groups is 1. The molecule has 0 aliphatic heterocycles. The summed E-state index contributed by atoms with van der Waals surface area (Å²) in [6, 6.07) is 2.31. The topological polar surface area (TPSA) is 111 Å². The van der Waals surface area contributed by atoms with Crippen molar-refractivity contribution in [3.8, 4) is 11.5 Å². The number of ether oxygens (including phenoxy) is 2. The fourth-order valence-electron chi connectivity index (χ4n) is 1.51. The third kappa shape index (κ3) is 3.75. The van der Waals surface area contributed by atoms with Gasteiger partial charge in [-0.1, -0.05) is 0 Å². The van der Waals surface area contributed by atoms with E-state index >= 15 is 0 Å². The first-order chi connectivity index (χ1) is 9.94. The number of carbonyl (C=O) groups excluding carboxylic acids is 1. The van der Waals surface area contributed by atoms with Crippen molar-refractivity contribution in [2.24, 2.45) is 5.29 Å². The van der Waals surface area contributed by atoms with Crippen molar-refractivity contribution in [3.05, 3.63) is 45.0 Å². The Hall–Kier alpha value is -2.97. The summed E-state index contributed by atoms with van der Waals surface area (Å²) in [5, 5.41) is 14.4. The van der Waals surface area contributed by atoms with Crippen molar-refractivity contribution in [1.29, 1.82) is 0 Å². The standard InChI is InChI=1S/C12H13N3O6/c1-14(13-17)5-4-10(16)8-6-11(20-2)12(21-3)7-9(8)15(18)19/h4-7H,1-3H3/b5-4+. The first-order valence-corrected chi connectivity index (χ1v) is 5.63. The number of hydrogen-bond donors (Lipinski definition) is 0. The molecule has 0 unspecified atom stereocenters. The molecule has 1 aromatic carbocycles. The van der Waals surface area contributed by atoms with E-state index in [0.717, 1.165) is 23.4 Å². The van der Waals surface area contributed by atoms with Gasteiger partial charge in [0.05, 0.1) is 30.5 Å². The lowest BCUT2D eigenvalue weighted by atomic mass is 10.1. The van der Waals surface area contributed by atoms with Crippen molar-refractivity contribution >= 4 is 11.5 Å². The van der Waals surface area contributed by atoms with Crippen LogP contribution in [0.4, 0.5) is 5.69 Å². The molecular formula is C12H13N3O6. The van der Waals surface area contributed by atoms with Crippen LogP contribution in [-0.4, -0.2) is 37.0 Å². The van der Waals surface area contributed by atoms with E-state index in [1.54, 1.807) is 0 Å². The fourth-order valence-corrected chi connectivity index (χ4v) is 1.51. The van der Waals surface area contributed by atoms with Crippen LogP contribution in [0, 0.1) is 15.0 Å². The summed E-state index contributed by atoms with van der Waals surface area (Å²) in [7, 11) is 3.99. The van der Waals surface area contributed by atoms with Crippen molar-refractivity contribution in [2.75, 3.05) is 21.3 Å². The largest absolute Gasteiger partial charge is 0.493 e. The van der Waals surface area contributed by atoms with E-state index in [0.29, 0.717) is 0 Å². The molecule has 0 bridgehead atoms. The predicted octanol–water partition coefficient (Wildman–Crippen LogP) is 1.92. The van der Waals surface area contributed by atoms with Crippen molar-refractivity contribution in [1.82, 2.24) is 5.01 Å². The second-order valence-electron chi connectivity index (χ2n) is 3.82. The Balaban J connectivity index is 3.32. The Morgan fingerprint density at radius 2 is 1.90 bits per heavy atom. The van der Waals surface area contributed by atoms with E-state index in [9.17, 15) is 19.8 Å². The van der Waals surface area contributed by atoms with Gasteiger partial charge < -0.3 is 9.47 Å². The Morgan fingerprint density at radius 3 is 2.38 bits per heavy atom. The van der Waals surface area contributed by atoms with Gasteiger partial charge in [-0.2, -0.15) is 0 Å². The highest BCUT2D eigenvalue weighted by molar-refractivity contribution is 6.07. The molecular weight excluding hydrogens is 282 g/mol. The van der Waals surface area contributed by atoms with Crippen LogP contribution < -0.4 is 9.47 Å². The summed E-state index contributed by atoms with van der Waals surface area (Å²) in [4.78, 5) is 32.5. The van der Waals surface area contributed by atoms with E-state index < -0.39 is 16.4 Å². The lowest BCUT2D eigenvalue weighted by Crippen LogP contribution is -2.05. The quantitative estimate of drug-likeness (QED) is 0.248. The fraction of sp³-hybridized carbons (Fsp3) is 0.250. The molecule has 1 rings (SSSR count). The number of nitroso groups, excluding NO2 is 1. The number of nitrogens with zero attached hydrogens (tertiary/aromatic N) is 3. The molecule has 0 aromatic heterocycles. The maximum atomic E-state index is 12.0. The number of carbonyl (C=O) groups is 1. The molecule has 0 atom stereocenters. The number of ketones is 1. The molecule has 1 aromatic rings. The molecule has 21 heavy (non-hydrogen) atoms. The van der Waals surface area contributed by atoms with Gasteiger partial charge in [-0.25, -0.2) is 5.01 Å². The zero-order chi connectivity index (χ0) is 16.0. The summed E-state index contributed by atoms with van der Waals surface area (Å²) in [6.07, 6.45) is 2.09. The second-order valence-corrected chi connectivity index (χ2v) is 3.82. The Labute approximate surface area is 119 Å². The average molecular weight is 295 g/mol. The Bertz CT molecular complexity index is 599. The number of benzene rings is 1. The normalized spacial score (nSPS) is 10.2. The minimum Gasteiger partial charge on any atom is -0.493 e. The summed E-state index contributed by atoms with van der Waals surface area (Å²) < 4.78 is 9.96. The molecule has 9 heteroatoms. The predicted molar refractivity (Wildman–Crippen MR) is 73.2 cm³/mol. The summed E-state index contributed by atoms with van der Waals surface area (Å²) in [6.45, 7) is 0. The average Bonchev–Trinajstić information content (AvgIpc) is 2.50. The molecule has 0 radical (unpaired) electrons. The van der Waals surface area contributed by atoms with Gasteiger partial charge in [-0.15, -0.1) is 4.91 Å². The van der Waals surface area contributed by atoms with Crippen LogP contribution in [0.1, 0.15) is 10.4 Å². The van der Waals surface area contributed by atoms with Gasteiger partial charge in [0.15, 0.2) is 17.3 Å². The highest BCUT2D eigenvalue weighted by atomic mass is 16.6. The maximum absolute atomic E-state index is 12.0. The van der Waals surface area contributed by atoms with Crippen LogP contribution >= 0.6 is 0 Å². The van der Waals surface area contributed by atoms with Gasteiger partial charge in [0.2, 0.25) is 0 Å². The molecule has 0 aliphatic rings. The van der Waals surface area contributed by atoms with E-state index in [-0.39, 0.29) is 17.1 Å². The molecule has 0 amide bonds. The molecule has 0 N–H and O–H groups in total. The monoisotopic (exact) mass is 295 g/mol. The lowest BCUT2D eigenvalue weighted by Gasteiger charge is -2.09. The molecule has 0 saturated heterocycles. The third-order valence-electron chi connectivity index (χ3n) is 2.53. The molecule has 0 saturated carbocycles. The summed E-state index contributed by atoms with van der Waals surface area (Å²) >= 11 is 0. The second kappa shape index (κ2) is 6.98. The van der Waals surface area contributed by atoms with Gasteiger partial charge in [0, 0.05) is 25.4 Å². The first kappa shape index (κ1) is 16.1. The van der Waals surface area contributed by atoms with Gasteiger partial charge in [0.25, 0.3) is 5.69 Å². The van der Waals surface area contributed by atoms with Crippen LogP contribution in [0.3, 0.4) is 0 Å². The zero-order valence-corrected chi connectivity index (χ0v) is 11.6. The van der Waals surface area contributed by atoms with Gasteiger partial charge in [0.1, 0.15) is 5.56 Å². The number of rotatable bonds is 7. The molecule has 0 aliphatic carbocycles. The number of nitro benzene ring substituents is 1. The van der Waals surface area contributed by atoms with Crippen LogP contribution in [0.25, 0.3) is 0 Å². The van der Waals surface area contributed by atoms with Crippen molar-refractivity contribution in [2.45, 2.75) is 0 Å². The SMILES string of the molecule is COc1cc(C(=O)/C=C/N(C)N=O)c([N+](=O)[O-])cc1OC. The van der Waals surface area contributed by atoms with Crippen LogP contribution in [-0.2, 0) is 0 Å². The number of allylic oxidation sites excluding steroid dienone is 1. The third-order valence-corrected chi connectivity index (χ3v) is 2.53. The smallest absolute Gasteiger partial charge is 0.284 e. The zero-order valence-electron chi connectivity index (χ0n) is 11.6. The summed E-state index contributed by atoms with van der Waals surface area (Å²) in [5.74, 6) is -0.351. The van der Waals surface area contributed by atoms with Crippen molar-refractivity contribution in [3.63, 3.8) is 0 Å². The van der Waals surface area contributed by atoms with Gasteiger partial charge in [-0.3, -0.25) is 14.9 Å². The molecule has 0 heterocycles. The van der Waals surface area contributed by atoms with E-state index in [4.69, 9.17) is 9.47 Å². The highest BCUT2D eigenvalue weighted by Crippen LogP contribution is 2.34. The van der Waals surface area contributed by atoms with Crippen LogP contribution in [0.15, 0.2) is 29.7 Å². The van der Waals surface area contributed by atoms with Gasteiger partial charge >= 0.3 is 0 Å². The minimum absolute atomic E-state index is 0.136. The number of methoxy groups -OCH3 is 2. The van der Waals surface area contributed by atoms with Gasteiger partial charge in [-0.05, 0) is 0 Å². The Kier molecular flexibility index (Phi) is 5.35.